The van der Waals surface area contributed by atoms with Gasteiger partial charge >= 0.3 is 6.61 Å². The van der Waals surface area contributed by atoms with Crippen LogP contribution in [0, 0.1) is 0 Å². The van der Waals surface area contributed by atoms with Crippen molar-refractivity contribution in [2.24, 2.45) is 0 Å². The molecule has 1 atom stereocenters. The number of hydrogen-bond donors (Lipinski definition) is 1. The molecule has 0 radical (unpaired) electrons. The highest BCUT2D eigenvalue weighted by Gasteiger charge is 2.19. The molecule has 1 N–H and O–H groups in total. The van der Waals surface area contributed by atoms with Crippen molar-refractivity contribution in [3.63, 3.8) is 0 Å². The molecule has 5 nitrogen and oxygen atoms in total. The van der Waals surface area contributed by atoms with Gasteiger partial charge in [0.1, 0.15) is 10.6 Å². The molecule has 1 aromatic carbocycles. The van der Waals surface area contributed by atoms with Crippen molar-refractivity contribution in [1.29, 1.82) is 0 Å². The number of nitrogens with zero attached hydrogens (tertiary/aromatic N) is 1. The lowest BCUT2D eigenvalue weighted by Gasteiger charge is -2.15. The normalized spacial score (nSPS) is 13.1. The lowest BCUT2D eigenvalue weighted by atomic mass is 10.1. The SMILES string of the molecule is C[C@H](NS(=O)(=O)c1cccnc1)c1cccc(OC(F)F)c1. The smallest absolute Gasteiger partial charge is 0.387 e. The molecule has 1 aromatic heterocycles. The molecule has 2 aromatic rings. The average Bonchev–Trinajstić information content (AvgIpc) is 2.47. The summed E-state index contributed by atoms with van der Waals surface area (Å²) in [5.74, 6) is -0.0278. The second-order valence-corrected chi connectivity index (χ2v) is 6.20. The number of sulfonamides is 1. The van der Waals surface area contributed by atoms with E-state index in [2.05, 4.69) is 14.4 Å². The first-order chi connectivity index (χ1) is 10.4. The number of alkyl halides is 2. The zero-order valence-electron chi connectivity index (χ0n) is 11.6. The number of benzene rings is 1. The van der Waals surface area contributed by atoms with E-state index in [1.54, 1.807) is 13.0 Å². The monoisotopic (exact) mass is 328 g/mol. The molecule has 118 valence electrons. The Morgan fingerprint density at radius 2 is 2.00 bits per heavy atom. The van der Waals surface area contributed by atoms with Crippen molar-refractivity contribution in [2.45, 2.75) is 24.5 Å². The lowest BCUT2D eigenvalue weighted by molar-refractivity contribution is -0.0499. The van der Waals surface area contributed by atoms with Gasteiger partial charge in [-0.2, -0.15) is 8.78 Å². The average molecular weight is 328 g/mol. The van der Waals surface area contributed by atoms with Crippen molar-refractivity contribution in [2.75, 3.05) is 0 Å². The van der Waals surface area contributed by atoms with E-state index in [9.17, 15) is 17.2 Å². The topological polar surface area (TPSA) is 68.3 Å². The van der Waals surface area contributed by atoms with Crippen LogP contribution >= 0.6 is 0 Å². The zero-order chi connectivity index (χ0) is 16.2. The fraction of sp³-hybridized carbons (Fsp3) is 0.214. The Morgan fingerprint density at radius 1 is 1.23 bits per heavy atom. The maximum absolute atomic E-state index is 12.2. The van der Waals surface area contributed by atoms with Crippen molar-refractivity contribution in [3.8, 4) is 5.75 Å². The van der Waals surface area contributed by atoms with Gasteiger partial charge in [-0.3, -0.25) is 4.98 Å². The van der Waals surface area contributed by atoms with E-state index in [0.717, 1.165) is 0 Å². The van der Waals surface area contributed by atoms with E-state index in [-0.39, 0.29) is 10.6 Å². The van der Waals surface area contributed by atoms with Crippen LogP contribution in [-0.2, 0) is 10.0 Å². The predicted octanol–water partition coefficient (Wildman–Crippen LogP) is 2.72. The zero-order valence-corrected chi connectivity index (χ0v) is 12.4. The maximum atomic E-state index is 12.2. The summed E-state index contributed by atoms with van der Waals surface area (Å²) in [7, 11) is -3.75. The summed E-state index contributed by atoms with van der Waals surface area (Å²) in [5, 5.41) is 0. The fourth-order valence-electron chi connectivity index (χ4n) is 1.83. The second kappa shape index (κ2) is 6.80. The number of ether oxygens (including phenoxy) is 1. The van der Waals surface area contributed by atoms with E-state index < -0.39 is 22.7 Å². The van der Waals surface area contributed by atoms with Crippen LogP contribution in [-0.4, -0.2) is 20.0 Å². The van der Waals surface area contributed by atoms with Gasteiger partial charge in [0.05, 0.1) is 0 Å². The molecule has 0 bridgehead atoms. The minimum atomic E-state index is -3.75. The Hall–Kier alpha value is -2.06. The van der Waals surface area contributed by atoms with Gasteiger partial charge in [-0.25, -0.2) is 13.1 Å². The van der Waals surface area contributed by atoms with Crippen LogP contribution in [0.25, 0.3) is 0 Å². The molecule has 0 unspecified atom stereocenters. The van der Waals surface area contributed by atoms with Gasteiger partial charge in [0, 0.05) is 18.4 Å². The first kappa shape index (κ1) is 16.3. The highest BCUT2D eigenvalue weighted by atomic mass is 32.2. The summed E-state index contributed by atoms with van der Waals surface area (Å²) in [4.78, 5) is 3.78. The molecule has 0 aliphatic carbocycles. The van der Waals surface area contributed by atoms with Crippen LogP contribution in [0.5, 0.6) is 5.75 Å². The van der Waals surface area contributed by atoms with Crippen molar-refractivity contribution in [3.05, 3.63) is 54.4 Å². The first-order valence-electron chi connectivity index (χ1n) is 6.35. The number of pyridine rings is 1. The number of aromatic nitrogens is 1. The molecule has 1 heterocycles. The number of hydrogen-bond acceptors (Lipinski definition) is 4. The predicted molar refractivity (Wildman–Crippen MR) is 76.0 cm³/mol. The molecule has 8 heteroatoms. The molecular weight excluding hydrogens is 314 g/mol. The lowest BCUT2D eigenvalue weighted by Crippen LogP contribution is -2.27. The van der Waals surface area contributed by atoms with Gasteiger partial charge in [0.2, 0.25) is 10.0 Å². The molecule has 2 rings (SSSR count). The van der Waals surface area contributed by atoms with E-state index >= 15 is 0 Å². The van der Waals surface area contributed by atoms with Gasteiger partial charge in [-0.15, -0.1) is 0 Å². The Kier molecular flexibility index (Phi) is 5.04. The van der Waals surface area contributed by atoms with Crippen molar-refractivity contribution >= 4 is 10.0 Å². The van der Waals surface area contributed by atoms with Crippen molar-refractivity contribution in [1.82, 2.24) is 9.71 Å². The molecule has 0 aliphatic rings. The van der Waals surface area contributed by atoms with Gasteiger partial charge in [-0.1, -0.05) is 12.1 Å². The second-order valence-electron chi connectivity index (χ2n) is 4.48. The summed E-state index contributed by atoms with van der Waals surface area (Å²) in [5.41, 5.74) is 0.505. The quantitative estimate of drug-likeness (QED) is 0.885. The third-order valence-electron chi connectivity index (χ3n) is 2.86. The molecule has 0 saturated carbocycles. The summed E-state index contributed by atoms with van der Waals surface area (Å²) in [6.45, 7) is -1.33. The minimum Gasteiger partial charge on any atom is -0.435 e. The standard InChI is InChI=1S/C14H14F2N2O3S/c1-10(11-4-2-5-12(8-11)21-14(15)16)18-22(19,20)13-6-3-7-17-9-13/h2-10,14,18H,1H3/t10-/m0/s1. The Morgan fingerprint density at radius 3 is 2.64 bits per heavy atom. The minimum absolute atomic E-state index is 0.0278. The van der Waals surface area contributed by atoms with Crippen LogP contribution in [0.4, 0.5) is 8.78 Å². The molecule has 0 spiro atoms. The Labute approximate surface area is 127 Å². The number of rotatable bonds is 6. The molecule has 0 saturated heterocycles. The third kappa shape index (κ3) is 4.22. The number of halogens is 2. The van der Waals surface area contributed by atoms with Crippen LogP contribution < -0.4 is 9.46 Å². The Balaban J connectivity index is 2.17. The van der Waals surface area contributed by atoms with Crippen LogP contribution in [0.15, 0.2) is 53.7 Å². The van der Waals surface area contributed by atoms with Crippen LogP contribution in [0.1, 0.15) is 18.5 Å². The summed E-state index contributed by atoms with van der Waals surface area (Å²) >= 11 is 0. The maximum Gasteiger partial charge on any atom is 0.387 e. The largest absolute Gasteiger partial charge is 0.435 e. The van der Waals surface area contributed by atoms with Crippen LogP contribution in [0.2, 0.25) is 0 Å². The molecule has 22 heavy (non-hydrogen) atoms. The van der Waals surface area contributed by atoms with Gasteiger partial charge in [-0.05, 0) is 36.8 Å². The molecule has 0 amide bonds. The summed E-state index contributed by atoms with van der Waals surface area (Å²) in [6, 6.07) is 8.18. The van der Waals surface area contributed by atoms with E-state index in [1.165, 1.54) is 42.7 Å². The summed E-state index contributed by atoms with van der Waals surface area (Å²) in [6.07, 6.45) is 2.69. The van der Waals surface area contributed by atoms with Crippen molar-refractivity contribution < 1.29 is 21.9 Å². The van der Waals surface area contributed by atoms with E-state index in [0.29, 0.717) is 5.56 Å². The first-order valence-corrected chi connectivity index (χ1v) is 7.84. The van der Waals surface area contributed by atoms with Crippen LogP contribution in [0.3, 0.4) is 0 Å². The Bertz CT molecular complexity index is 724. The highest BCUT2D eigenvalue weighted by Crippen LogP contribution is 2.22. The molecule has 0 aliphatic heterocycles. The highest BCUT2D eigenvalue weighted by molar-refractivity contribution is 7.89. The number of nitrogens with one attached hydrogen (secondary N) is 1. The molecular formula is C14H14F2N2O3S. The van der Waals surface area contributed by atoms with Gasteiger partial charge < -0.3 is 4.74 Å². The van der Waals surface area contributed by atoms with Gasteiger partial charge in [0.25, 0.3) is 0 Å². The summed E-state index contributed by atoms with van der Waals surface area (Å²) < 4.78 is 55.5. The van der Waals surface area contributed by atoms with E-state index in [4.69, 9.17) is 0 Å². The van der Waals surface area contributed by atoms with E-state index in [1.807, 2.05) is 0 Å². The molecule has 0 fully saturated rings. The third-order valence-corrected chi connectivity index (χ3v) is 4.39. The fourth-order valence-corrected chi connectivity index (χ4v) is 3.03. The van der Waals surface area contributed by atoms with Gasteiger partial charge in [0.15, 0.2) is 0 Å².